The molecule has 3 heteroatoms. The molecule has 3 nitrogen and oxygen atoms in total. The van der Waals surface area contributed by atoms with Crippen molar-refractivity contribution in [1.82, 2.24) is 0 Å². The van der Waals surface area contributed by atoms with Gasteiger partial charge in [0.1, 0.15) is 6.10 Å². The van der Waals surface area contributed by atoms with Gasteiger partial charge in [0.05, 0.1) is 12.0 Å². The lowest BCUT2D eigenvalue weighted by Gasteiger charge is -2.36. The molecule has 0 spiro atoms. The number of cyclic esters (lactones) is 1. The van der Waals surface area contributed by atoms with Gasteiger partial charge in [-0.3, -0.25) is 4.79 Å². The molecule has 1 saturated heterocycles. The largest absolute Gasteiger partial charge is 0.461 e. The predicted octanol–water partition coefficient (Wildman–Crippen LogP) is 5.95. The number of allylic oxidation sites excluding steroid dienone is 2. The summed E-state index contributed by atoms with van der Waals surface area (Å²) in [6, 6.07) is 0. The fourth-order valence-corrected chi connectivity index (χ4v) is 3.48. The lowest BCUT2D eigenvalue weighted by molar-refractivity contribution is -0.188. The van der Waals surface area contributed by atoms with Crippen molar-refractivity contribution >= 4 is 5.97 Å². The SMILES string of the molecule is CCCCCCCC=CCC[C@@H](O)C[C@H]1OC(=O)[C@@H]1CCCCCC. The number of unbranched alkanes of at least 4 members (excludes halogenated alkanes) is 8. The summed E-state index contributed by atoms with van der Waals surface area (Å²) >= 11 is 0. The fraction of sp³-hybridized carbons (Fsp3) is 0.864. The van der Waals surface area contributed by atoms with Gasteiger partial charge in [-0.2, -0.15) is 0 Å². The molecule has 1 fully saturated rings. The van der Waals surface area contributed by atoms with Crippen LogP contribution in [-0.4, -0.2) is 23.3 Å². The molecule has 0 amide bonds. The first-order chi connectivity index (χ1) is 12.2. The third-order valence-electron chi connectivity index (χ3n) is 5.20. The highest BCUT2D eigenvalue weighted by Crippen LogP contribution is 2.31. The standard InChI is InChI=1S/C22H40O3/c1-3-5-7-9-10-11-12-13-14-16-19(23)18-21-20(22(24)25-21)17-15-8-6-4-2/h12-13,19-21,23H,3-11,14-18H2,1-2H3/t19-,20-,21-/m1/s1. The van der Waals surface area contributed by atoms with Gasteiger partial charge in [-0.1, -0.05) is 77.4 Å². The molecule has 0 aliphatic carbocycles. The van der Waals surface area contributed by atoms with Gasteiger partial charge in [-0.05, 0) is 32.1 Å². The molecule has 0 radical (unpaired) electrons. The Morgan fingerprint density at radius 3 is 2.28 bits per heavy atom. The van der Waals surface area contributed by atoms with Crippen molar-refractivity contribution in [3.63, 3.8) is 0 Å². The Morgan fingerprint density at radius 1 is 0.960 bits per heavy atom. The maximum atomic E-state index is 11.6. The summed E-state index contributed by atoms with van der Waals surface area (Å²) in [6.07, 6.45) is 19.7. The zero-order chi connectivity index (χ0) is 18.3. The van der Waals surface area contributed by atoms with Crippen LogP contribution in [0.1, 0.15) is 104 Å². The maximum Gasteiger partial charge on any atom is 0.313 e. The molecule has 0 aromatic rings. The third-order valence-corrected chi connectivity index (χ3v) is 5.20. The Balaban J connectivity index is 2.05. The highest BCUT2D eigenvalue weighted by atomic mass is 16.6. The predicted molar refractivity (Wildman–Crippen MR) is 105 cm³/mol. The van der Waals surface area contributed by atoms with E-state index in [4.69, 9.17) is 4.74 Å². The van der Waals surface area contributed by atoms with E-state index in [-0.39, 0.29) is 24.1 Å². The fourth-order valence-electron chi connectivity index (χ4n) is 3.48. The van der Waals surface area contributed by atoms with Gasteiger partial charge in [0.2, 0.25) is 0 Å². The Kier molecular flexibility index (Phi) is 12.8. The normalized spacial score (nSPS) is 21.3. The lowest BCUT2D eigenvalue weighted by Crippen LogP contribution is -2.46. The van der Waals surface area contributed by atoms with Crippen molar-refractivity contribution < 1.29 is 14.6 Å². The summed E-state index contributed by atoms with van der Waals surface area (Å²) in [7, 11) is 0. The van der Waals surface area contributed by atoms with Crippen molar-refractivity contribution in [1.29, 1.82) is 0 Å². The number of carbonyl (C=O) groups excluding carboxylic acids is 1. The highest BCUT2D eigenvalue weighted by molar-refractivity contribution is 5.78. The molecular weight excluding hydrogens is 312 g/mol. The van der Waals surface area contributed by atoms with Gasteiger partial charge >= 0.3 is 5.97 Å². The van der Waals surface area contributed by atoms with Gasteiger partial charge in [0, 0.05) is 6.42 Å². The van der Waals surface area contributed by atoms with Crippen LogP contribution in [0.3, 0.4) is 0 Å². The summed E-state index contributed by atoms with van der Waals surface area (Å²) < 4.78 is 5.25. The minimum Gasteiger partial charge on any atom is -0.461 e. The zero-order valence-corrected chi connectivity index (χ0v) is 16.5. The van der Waals surface area contributed by atoms with E-state index in [0.717, 1.165) is 32.1 Å². The number of aliphatic hydroxyl groups is 1. The minimum absolute atomic E-state index is 0.0326. The highest BCUT2D eigenvalue weighted by Gasteiger charge is 2.42. The van der Waals surface area contributed by atoms with E-state index in [1.807, 2.05) is 0 Å². The molecule has 0 bridgehead atoms. The van der Waals surface area contributed by atoms with E-state index in [0.29, 0.717) is 6.42 Å². The Morgan fingerprint density at radius 2 is 1.60 bits per heavy atom. The van der Waals surface area contributed by atoms with Crippen LogP contribution in [0.2, 0.25) is 0 Å². The molecule has 1 heterocycles. The monoisotopic (exact) mass is 352 g/mol. The van der Waals surface area contributed by atoms with Crippen molar-refractivity contribution in [2.75, 3.05) is 0 Å². The van der Waals surface area contributed by atoms with Crippen LogP contribution in [0, 0.1) is 5.92 Å². The van der Waals surface area contributed by atoms with Gasteiger partial charge in [-0.15, -0.1) is 0 Å². The van der Waals surface area contributed by atoms with E-state index >= 15 is 0 Å². The van der Waals surface area contributed by atoms with Crippen LogP contribution in [0.25, 0.3) is 0 Å². The van der Waals surface area contributed by atoms with Gasteiger partial charge in [0.15, 0.2) is 0 Å². The van der Waals surface area contributed by atoms with Gasteiger partial charge in [-0.25, -0.2) is 0 Å². The van der Waals surface area contributed by atoms with E-state index in [1.165, 1.54) is 51.4 Å². The summed E-state index contributed by atoms with van der Waals surface area (Å²) in [5.74, 6) is -0.0261. The molecule has 1 N–H and O–H groups in total. The quantitative estimate of drug-likeness (QED) is 0.212. The Labute approximate surface area is 155 Å². The first-order valence-electron chi connectivity index (χ1n) is 10.7. The van der Waals surface area contributed by atoms with Crippen LogP contribution in [0.4, 0.5) is 0 Å². The van der Waals surface area contributed by atoms with Gasteiger partial charge in [0.25, 0.3) is 0 Å². The van der Waals surface area contributed by atoms with Crippen LogP contribution in [0.5, 0.6) is 0 Å². The second kappa shape index (κ2) is 14.4. The Bertz CT molecular complexity index is 364. The number of aliphatic hydroxyl groups excluding tert-OH is 1. The molecule has 0 unspecified atom stereocenters. The van der Waals surface area contributed by atoms with Gasteiger partial charge < -0.3 is 9.84 Å². The first-order valence-corrected chi connectivity index (χ1v) is 10.7. The van der Waals surface area contributed by atoms with Crippen molar-refractivity contribution in [3.8, 4) is 0 Å². The summed E-state index contributed by atoms with van der Waals surface area (Å²) in [5, 5.41) is 10.2. The molecule has 0 aromatic heterocycles. The summed E-state index contributed by atoms with van der Waals surface area (Å²) in [5.41, 5.74) is 0. The number of carbonyl (C=O) groups is 1. The molecule has 3 atom stereocenters. The summed E-state index contributed by atoms with van der Waals surface area (Å²) in [6.45, 7) is 4.43. The average molecular weight is 353 g/mol. The smallest absolute Gasteiger partial charge is 0.313 e. The molecule has 1 aliphatic heterocycles. The van der Waals surface area contributed by atoms with E-state index in [9.17, 15) is 9.90 Å². The average Bonchev–Trinajstić information content (AvgIpc) is 2.59. The third kappa shape index (κ3) is 10.0. The molecule has 0 saturated carbocycles. The van der Waals surface area contributed by atoms with Crippen LogP contribution < -0.4 is 0 Å². The second-order valence-corrected chi connectivity index (χ2v) is 7.57. The van der Waals surface area contributed by atoms with E-state index in [1.54, 1.807) is 0 Å². The van der Waals surface area contributed by atoms with E-state index in [2.05, 4.69) is 26.0 Å². The lowest BCUT2D eigenvalue weighted by atomic mass is 9.87. The minimum atomic E-state index is -0.356. The topological polar surface area (TPSA) is 46.5 Å². The number of hydrogen-bond donors (Lipinski definition) is 1. The molecular formula is C22H40O3. The molecule has 1 rings (SSSR count). The van der Waals surface area contributed by atoms with Crippen molar-refractivity contribution in [3.05, 3.63) is 12.2 Å². The van der Waals surface area contributed by atoms with Crippen molar-refractivity contribution in [2.45, 2.75) is 116 Å². The molecule has 0 aromatic carbocycles. The number of ether oxygens (including phenoxy) is 1. The van der Waals surface area contributed by atoms with Crippen LogP contribution >= 0.6 is 0 Å². The van der Waals surface area contributed by atoms with Crippen molar-refractivity contribution in [2.24, 2.45) is 5.92 Å². The summed E-state index contributed by atoms with van der Waals surface area (Å²) in [4.78, 5) is 11.6. The van der Waals surface area contributed by atoms with Crippen LogP contribution in [-0.2, 0) is 9.53 Å². The van der Waals surface area contributed by atoms with Crippen LogP contribution in [0.15, 0.2) is 12.2 Å². The number of rotatable bonds is 16. The number of hydrogen-bond acceptors (Lipinski definition) is 3. The Hall–Kier alpha value is -0.830. The molecule has 1 aliphatic rings. The number of esters is 1. The molecule has 146 valence electrons. The van der Waals surface area contributed by atoms with E-state index < -0.39 is 0 Å². The maximum absolute atomic E-state index is 11.6. The molecule has 25 heavy (non-hydrogen) atoms. The zero-order valence-electron chi connectivity index (χ0n) is 16.5. The first kappa shape index (κ1) is 22.2. The second-order valence-electron chi connectivity index (χ2n) is 7.57.